The lowest BCUT2D eigenvalue weighted by molar-refractivity contribution is -0.153. The zero-order chi connectivity index (χ0) is 21.5. The Kier molecular flexibility index (Phi) is 8.41. The molecule has 7 heteroatoms. The number of unbranched alkanes of at least 4 members (excludes halogenated alkanes) is 1. The van der Waals surface area contributed by atoms with Crippen molar-refractivity contribution in [1.82, 2.24) is 9.80 Å². The second kappa shape index (κ2) is 11.5. The number of carbonyl (C=O) groups is 1. The number of hydrogen-bond donors (Lipinski definition) is 1. The molecule has 0 bridgehead atoms. The van der Waals surface area contributed by atoms with Crippen molar-refractivity contribution in [2.75, 3.05) is 39.4 Å². The first kappa shape index (κ1) is 22.8. The molecule has 2 saturated heterocycles. The van der Waals surface area contributed by atoms with Gasteiger partial charge < -0.3 is 24.4 Å². The van der Waals surface area contributed by atoms with Crippen molar-refractivity contribution < 1.29 is 19.4 Å². The van der Waals surface area contributed by atoms with Gasteiger partial charge >= 0.3 is 0 Å². The largest absolute Gasteiger partial charge is 0.459 e. The second-order valence-corrected chi connectivity index (χ2v) is 9.84. The van der Waals surface area contributed by atoms with Crippen LogP contribution in [0.5, 0.6) is 0 Å². The van der Waals surface area contributed by atoms with Crippen LogP contribution in [0.4, 0.5) is 0 Å². The first-order chi connectivity index (χ1) is 15.2. The van der Waals surface area contributed by atoms with Crippen LogP contribution in [0.2, 0.25) is 0 Å². The van der Waals surface area contributed by atoms with Crippen molar-refractivity contribution in [3.05, 3.63) is 34.2 Å². The Bertz CT molecular complexity index is 709. The SMILES string of the molecule is O=C(C1=C[C@@H](c2cccs2)C[C@@H](OCCCCO)O1)N1CCC(N2CCCCC2)CC1. The van der Waals surface area contributed by atoms with Crippen molar-refractivity contribution in [2.24, 2.45) is 0 Å². The van der Waals surface area contributed by atoms with E-state index in [4.69, 9.17) is 14.6 Å². The van der Waals surface area contributed by atoms with Crippen LogP contribution < -0.4 is 0 Å². The van der Waals surface area contributed by atoms with Gasteiger partial charge in [-0.3, -0.25) is 4.79 Å². The molecule has 1 aromatic rings. The van der Waals surface area contributed by atoms with E-state index in [-0.39, 0.29) is 18.4 Å². The molecule has 4 heterocycles. The maximum atomic E-state index is 13.3. The molecule has 3 aliphatic rings. The number of hydrogen-bond acceptors (Lipinski definition) is 6. The van der Waals surface area contributed by atoms with E-state index >= 15 is 0 Å². The fraction of sp³-hybridized carbons (Fsp3) is 0.708. The van der Waals surface area contributed by atoms with E-state index in [9.17, 15) is 4.79 Å². The van der Waals surface area contributed by atoms with Crippen LogP contribution in [0.25, 0.3) is 0 Å². The lowest BCUT2D eigenvalue weighted by atomic mass is 9.98. The van der Waals surface area contributed by atoms with Crippen molar-refractivity contribution in [3.8, 4) is 0 Å². The smallest absolute Gasteiger partial charge is 0.288 e. The molecule has 0 saturated carbocycles. The molecule has 0 aliphatic carbocycles. The first-order valence-corrected chi connectivity index (χ1v) is 12.8. The normalized spacial score (nSPS) is 25.8. The van der Waals surface area contributed by atoms with Crippen molar-refractivity contribution >= 4 is 17.2 Å². The summed E-state index contributed by atoms with van der Waals surface area (Å²) in [7, 11) is 0. The minimum Gasteiger partial charge on any atom is -0.459 e. The summed E-state index contributed by atoms with van der Waals surface area (Å²) in [5, 5.41) is 11.1. The van der Waals surface area contributed by atoms with E-state index in [0.29, 0.717) is 31.2 Å². The second-order valence-electron chi connectivity index (χ2n) is 8.86. The third-order valence-corrected chi connectivity index (χ3v) is 7.70. The zero-order valence-electron chi connectivity index (χ0n) is 18.4. The minimum absolute atomic E-state index is 0.00214. The molecular formula is C24H36N2O4S. The van der Waals surface area contributed by atoms with E-state index in [1.165, 1.54) is 37.2 Å². The summed E-state index contributed by atoms with van der Waals surface area (Å²) in [6, 6.07) is 4.78. The molecule has 0 radical (unpaired) electrons. The molecule has 2 fully saturated rings. The monoisotopic (exact) mass is 448 g/mol. The summed E-state index contributed by atoms with van der Waals surface area (Å²) in [5.41, 5.74) is 0. The molecule has 3 aliphatic heterocycles. The summed E-state index contributed by atoms with van der Waals surface area (Å²) in [5.74, 6) is 0.581. The number of allylic oxidation sites excluding steroid dienone is 1. The minimum atomic E-state index is -0.416. The van der Waals surface area contributed by atoms with Gasteiger partial charge in [0.2, 0.25) is 6.29 Å². The van der Waals surface area contributed by atoms with E-state index in [1.54, 1.807) is 11.3 Å². The number of thiophene rings is 1. The van der Waals surface area contributed by atoms with Gasteiger partial charge in [-0.2, -0.15) is 0 Å². The molecule has 1 amide bonds. The number of aliphatic hydroxyl groups is 1. The molecule has 1 aromatic heterocycles. The maximum absolute atomic E-state index is 13.3. The van der Waals surface area contributed by atoms with Crippen molar-refractivity contribution in [3.63, 3.8) is 0 Å². The van der Waals surface area contributed by atoms with E-state index in [1.807, 2.05) is 17.0 Å². The number of likely N-dealkylation sites (tertiary alicyclic amines) is 2. The van der Waals surface area contributed by atoms with E-state index in [0.717, 1.165) is 32.4 Å². The summed E-state index contributed by atoms with van der Waals surface area (Å²) in [6.45, 7) is 4.73. The Morgan fingerprint density at radius 1 is 1.16 bits per heavy atom. The van der Waals surface area contributed by atoms with Gasteiger partial charge in [0.05, 0.1) is 6.61 Å². The van der Waals surface area contributed by atoms with Crippen LogP contribution in [-0.2, 0) is 14.3 Å². The highest BCUT2D eigenvalue weighted by molar-refractivity contribution is 7.10. The van der Waals surface area contributed by atoms with Crippen LogP contribution >= 0.6 is 11.3 Å². The quantitative estimate of drug-likeness (QED) is 0.614. The number of nitrogens with zero attached hydrogens (tertiary/aromatic N) is 2. The number of aliphatic hydroxyl groups excluding tert-OH is 1. The zero-order valence-corrected chi connectivity index (χ0v) is 19.2. The Balaban J connectivity index is 1.36. The van der Waals surface area contributed by atoms with Crippen molar-refractivity contribution in [1.29, 1.82) is 0 Å². The average Bonchev–Trinajstić information content (AvgIpc) is 3.37. The molecule has 31 heavy (non-hydrogen) atoms. The predicted molar refractivity (Wildman–Crippen MR) is 122 cm³/mol. The average molecular weight is 449 g/mol. The number of carbonyl (C=O) groups excluding carboxylic acids is 1. The third-order valence-electron chi connectivity index (χ3n) is 6.69. The summed E-state index contributed by atoms with van der Waals surface area (Å²) >= 11 is 1.71. The van der Waals surface area contributed by atoms with Gasteiger partial charge in [-0.25, -0.2) is 0 Å². The van der Waals surface area contributed by atoms with Crippen LogP contribution in [0.15, 0.2) is 29.3 Å². The number of ether oxygens (including phenoxy) is 2. The van der Waals surface area contributed by atoms with E-state index < -0.39 is 6.29 Å². The fourth-order valence-electron chi connectivity index (χ4n) is 4.91. The number of rotatable bonds is 8. The van der Waals surface area contributed by atoms with E-state index in [2.05, 4.69) is 16.3 Å². The molecule has 0 unspecified atom stereocenters. The molecular weight excluding hydrogens is 412 g/mol. The molecule has 6 nitrogen and oxygen atoms in total. The predicted octanol–water partition coefficient (Wildman–Crippen LogP) is 3.73. The topological polar surface area (TPSA) is 62.2 Å². The maximum Gasteiger partial charge on any atom is 0.288 e. The highest BCUT2D eigenvalue weighted by atomic mass is 32.1. The summed E-state index contributed by atoms with van der Waals surface area (Å²) < 4.78 is 12.0. The van der Waals surface area contributed by atoms with Gasteiger partial charge in [-0.15, -0.1) is 11.3 Å². The van der Waals surface area contributed by atoms with Gasteiger partial charge in [0.1, 0.15) is 0 Å². The van der Waals surface area contributed by atoms with Gasteiger partial charge in [-0.1, -0.05) is 12.5 Å². The van der Waals surface area contributed by atoms with Gasteiger partial charge in [-0.05, 0) is 69.1 Å². The van der Waals surface area contributed by atoms with Gasteiger partial charge in [0.15, 0.2) is 5.76 Å². The molecule has 0 aromatic carbocycles. The van der Waals surface area contributed by atoms with Crippen LogP contribution in [-0.4, -0.2) is 72.5 Å². The third kappa shape index (κ3) is 6.09. The first-order valence-electron chi connectivity index (χ1n) is 11.9. The Morgan fingerprint density at radius 3 is 2.68 bits per heavy atom. The molecule has 2 atom stereocenters. The highest BCUT2D eigenvalue weighted by Crippen LogP contribution is 2.34. The fourth-order valence-corrected chi connectivity index (χ4v) is 5.72. The molecule has 4 rings (SSSR count). The molecule has 1 N–H and O–H groups in total. The van der Waals surface area contributed by atoms with Crippen LogP contribution in [0, 0.1) is 0 Å². The molecule has 172 valence electrons. The Hall–Kier alpha value is -1.41. The highest BCUT2D eigenvalue weighted by Gasteiger charge is 2.34. The standard InChI is InChI=1S/C24H36N2O4S/c27-14-4-5-15-29-23-18-19(22-7-6-16-31-22)17-21(30-23)24(28)26-12-8-20(9-13-26)25-10-2-1-3-11-25/h6-7,16-17,19-20,23,27H,1-5,8-15,18H2/t19-,23+/m1/s1. The number of amides is 1. The lowest BCUT2D eigenvalue weighted by Gasteiger charge is -2.40. The van der Waals surface area contributed by atoms with Crippen LogP contribution in [0.1, 0.15) is 62.2 Å². The van der Waals surface area contributed by atoms with Gasteiger partial charge in [0.25, 0.3) is 5.91 Å². The Labute approximate surface area is 189 Å². The van der Waals surface area contributed by atoms with Crippen LogP contribution in [0.3, 0.4) is 0 Å². The Morgan fingerprint density at radius 2 is 1.97 bits per heavy atom. The van der Waals surface area contributed by atoms with Crippen molar-refractivity contribution in [2.45, 2.75) is 69.6 Å². The van der Waals surface area contributed by atoms with Gasteiger partial charge in [0, 0.05) is 43.0 Å². The summed E-state index contributed by atoms with van der Waals surface area (Å²) in [4.78, 5) is 19.1. The number of piperidine rings is 2. The summed E-state index contributed by atoms with van der Waals surface area (Å²) in [6.07, 6.45) is 9.88. The molecule has 0 spiro atoms. The lowest BCUT2D eigenvalue weighted by Crippen LogP contribution is -2.49.